The molecule has 6 nitrogen and oxygen atoms in total. The van der Waals surface area contributed by atoms with Crippen LogP contribution in [0.4, 0.5) is 0 Å². The molecule has 2 aromatic carbocycles. The second kappa shape index (κ2) is 9.94. The summed E-state index contributed by atoms with van der Waals surface area (Å²) in [4.78, 5) is 25.1. The van der Waals surface area contributed by atoms with Crippen LogP contribution in [-0.2, 0) is 14.8 Å². The monoisotopic (exact) mass is 463 g/mol. The summed E-state index contributed by atoms with van der Waals surface area (Å²) in [5.41, 5.74) is 1.48. The van der Waals surface area contributed by atoms with E-state index < -0.39 is 22.1 Å². The Kier molecular flexibility index (Phi) is 7.51. The van der Waals surface area contributed by atoms with Crippen LogP contribution in [0.25, 0.3) is 0 Å². The van der Waals surface area contributed by atoms with Gasteiger partial charge in [-0.2, -0.15) is 4.31 Å². The summed E-state index contributed by atoms with van der Waals surface area (Å²) in [5.74, 6) is -1.11. The average molecular weight is 464 g/mol. The molecule has 31 heavy (non-hydrogen) atoms. The van der Waals surface area contributed by atoms with Gasteiger partial charge in [-0.05, 0) is 44.9 Å². The molecule has 1 atom stereocenters. The lowest BCUT2D eigenvalue weighted by molar-refractivity contribution is 0.0318. The van der Waals surface area contributed by atoms with Crippen molar-refractivity contribution in [1.29, 1.82) is 0 Å². The van der Waals surface area contributed by atoms with Gasteiger partial charge in [-0.1, -0.05) is 54.3 Å². The molecule has 1 fully saturated rings. The zero-order chi connectivity index (χ0) is 22.6. The molecule has 0 spiro atoms. The van der Waals surface area contributed by atoms with Gasteiger partial charge in [-0.15, -0.1) is 0 Å². The number of ether oxygens (including phenoxy) is 1. The number of carbonyl (C=O) groups is 2. The van der Waals surface area contributed by atoms with Gasteiger partial charge < -0.3 is 4.74 Å². The first-order chi connectivity index (χ1) is 14.7. The fourth-order valence-electron chi connectivity index (χ4n) is 3.48. The lowest BCUT2D eigenvalue weighted by Gasteiger charge is -2.21. The number of carbonyl (C=O) groups excluding carboxylic acids is 2. The third kappa shape index (κ3) is 5.53. The molecule has 0 bridgehead atoms. The van der Waals surface area contributed by atoms with Crippen molar-refractivity contribution in [3.63, 3.8) is 0 Å². The van der Waals surface area contributed by atoms with Crippen molar-refractivity contribution in [3.05, 3.63) is 64.2 Å². The Morgan fingerprint density at radius 3 is 2.16 bits per heavy atom. The smallest absolute Gasteiger partial charge is 0.338 e. The zero-order valence-corrected chi connectivity index (χ0v) is 19.2. The van der Waals surface area contributed by atoms with Crippen LogP contribution in [0.2, 0.25) is 5.02 Å². The molecule has 0 saturated carbocycles. The second-order valence-electron chi connectivity index (χ2n) is 7.74. The molecule has 0 radical (unpaired) electrons. The molecule has 0 aromatic heterocycles. The van der Waals surface area contributed by atoms with Crippen LogP contribution < -0.4 is 0 Å². The highest BCUT2D eigenvalue weighted by Crippen LogP contribution is 2.28. The highest BCUT2D eigenvalue weighted by atomic mass is 35.5. The number of hydrogen-bond donors (Lipinski definition) is 0. The molecule has 3 rings (SSSR count). The number of sulfonamides is 1. The molecule has 0 N–H and O–H groups in total. The van der Waals surface area contributed by atoms with Gasteiger partial charge in [0.05, 0.1) is 10.6 Å². The summed E-state index contributed by atoms with van der Waals surface area (Å²) in [6, 6.07) is 11.0. The van der Waals surface area contributed by atoms with Crippen LogP contribution in [0.15, 0.2) is 47.4 Å². The summed E-state index contributed by atoms with van der Waals surface area (Å²) >= 11 is 6.18. The van der Waals surface area contributed by atoms with Gasteiger partial charge in [-0.25, -0.2) is 13.2 Å². The molecule has 0 amide bonds. The Morgan fingerprint density at radius 1 is 0.968 bits per heavy atom. The maximum absolute atomic E-state index is 13.1. The van der Waals surface area contributed by atoms with E-state index in [0.29, 0.717) is 18.7 Å². The van der Waals surface area contributed by atoms with Gasteiger partial charge in [0.25, 0.3) is 0 Å². The standard InChI is InChI=1S/C23H26ClNO5S/c1-16-7-9-18(10-8-16)22(26)17(2)30-23(27)19-11-12-20(24)21(15-19)31(28,29)25-13-5-3-4-6-14-25/h7-12,15,17H,3-6,13-14H2,1-2H3/t17-/m0/s1. The zero-order valence-electron chi connectivity index (χ0n) is 17.6. The normalized spacial score (nSPS) is 16.4. The first-order valence-corrected chi connectivity index (χ1v) is 12.1. The van der Waals surface area contributed by atoms with Crippen LogP contribution in [0, 0.1) is 6.92 Å². The fourth-order valence-corrected chi connectivity index (χ4v) is 5.50. The number of halogens is 1. The quantitative estimate of drug-likeness (QED) is 0.460. The highest BCUT2D eigenvalue weighted by molar-refractivity contribution is 7.89. The number of rotatable bonds is 6. The van der Waals surface area contributed by atoms with E-state index in [1.54, 1.807) is 24.3 Å². The molecule has 8 heteroatoms. The van der Waals surface area contributed by atoms with Crippen LogP contribution in [0.1, 0.15) is 58.9 Å². The minimum Gasteiger partial charge on any atom is -0.451 e. The highest BCUT2D eigenvalue weighted by Gasteiger charge is 2.29. The van der Waals surface area contributed by atoms with E-state index in [2.05, 4.69) is 0 Å². The van der Waals surface area contributed by atoms with Crippen LogP contribution in [-0.4, -0.2) is 43.7 Å². The van der Waals surface area contributed by atoms with E-state index in [4.69, 9.17) is 16.3 Å². The second-order valence-corrected chi connectivity index (χ2v) is 10.1. The number of benzene rings is 2. The Bertz CT molecular complexity index is 1060. The third-order valence-electron chi connectivity index (χ3n) is 5.34. The van der Waals surface area contributed by atoms with Gasteiger partial charge in [0, 0.05) is 18.7 Å². The van der Waals surface area contributed by atoms with Gasteiger partial charge in [0.1, 0.15) is 4.90 Å². The molecule has 166 valence electrons. The topological polar surface area (TPSA) is 80.8 Å². The predicted octanol–water partition coefficient (Wildman–Crippen LogP) is 4.64. The van der Waals surface area contributed by atoms with Gasteiger partial charge in [0.15, 0.2) is 6.10 Å². The molecule has 1 heterocycles. The number of esters is 1. The third-order valence-corrected chi connectivity index (χ3v) is 7.72. The molecular weight excluding hydrogens is 438 g/mol. The SMILES string of the molecule is Cc1ccc(C(=O)[C@H](C)OC(=O)c2ccc(Cl)c(S(=O)(=O)N3CCCCCC3)c2)cc1. The first kappa shape index (κ1) is 23.4. The number of ketones is 1. The first-order valence-electron chi connectivity index (χ1n) is 10.3. The maximum Gasteiger partial charge on any atom is 0.338 e. The summed E-state index contributed by atoms with van der Waals surface area (Å²) in [6.07, 6.45) is 2.53. The Labute approximate surface area is 188 Å². The van der Waals surface area contributed by atoms with Crippen LogP contribution in [0.5, 0.6) is 0 Å². The number of Topliss-reactive ketones (excluding diaryl/α,β-unsaturated/α-hetero) is 1. The average Bonchev–Trinajstić information content (AvgIpc) is 3.04. The van der Waals surface area contributed by atoms with Crippen molar-refractivity contribution in [2.75, 3.05) is 13.1 Å². The largest absolute Gasteiger partial charge is 0.451 e. The van der Waals surface area contributed by atoms with E-state index in [9.17, 15) is 18.0 Å². The maximum atomic E-state index is 13.1. The van der Waals surface area contributed by atoms with Gasteiger partial charge >= 0.3 is 5.97 Å². The lowest BCUT2D eigenvalue weighted by Crippen LogP contribution is -2.32. The van der Waals surface area contributed by atoms with Crippen molar-refractivity contribution in [1.82, 2.24) is 4.31 Å². The van der Waals surface area contributed by atoms with Crippen LogP contribution >= 0.6 is 11.6 Å². The van der Waals surface area contributed by atoms with Crippen molar-refractivity contribution in [2.24, 2.45) is 0 Å². The van der Waals surface area contributed by atoms with Crippen molar-refractivity contribution in [2.45, 2.75) is 50.5 Å². The number of hydrogen-bond acceptors (Lipinski definition) is 5. The van der Waals surface area contributed by atoms with Crippen molar-refractivity contribution in [3.8, 4) is 0 Å². The van der Waals surface area contributed by atoms with Crippen molar-refractivity contribution >= 4 is 33.4 Å². The van der Waals surface area contributed by atoms with Gasteiger partial charge in [0.2, 0.25) is 15.8 Å². The molecule has 1 aliphatic heterocycles. The summed E-state index contributed by atoms with van der Waals surface area (Å²) in [5, 5.41) is 0.0459. The Balaban J connectivity index is 1.79. The van der Waals surface area contributed by atoms with E-state index in [1.807, 2.05) is 6.92 Å². The number of aryl methyl sites for hydroxylation is 1. The molecule has 0 unspecified atom stereocenters. The van der Waals surface area contributed by atoms with E-state index in [0.717, 1.165) is 31.2 Å². The molecule has 2 aromatic rings. The van der Waals surface area contributed by atoms with Crippen LogP contribution in [0.3, 0.4) is 0 Å². The Morgan fingerprint density at radius 2 is 1.55 bits per heavy atom. The minimum atomic E-state index is -3.84. The Hall–Kier alpha value is -2.22. The minimum absolute atomic E-state index is 0.0290. The molecule has 0 aliphatic carbocycles. The molecule has 1 aliphatic rings. The number of nitrogens with zero attached hydrogens (tertiary/aromatic N) is 1. The fraction of sp³-hybridized carbons (Fsp3) is 0.391. The summed E-state index contributed by atoms with van der Waals surface area (Å²) in [6.45, 7) is 4.26. The van der Waals surface area contributed by atoms with E-state index >= 15 is 0 Å². The molecular formula is C23H26ClNO5S. The predicted molar refractivity (Wildman–Crippen MR) is 119 cm³/mol. The van der Waals surface area contributed by atoms with Gasteiger partial charge in [-0.3, -0.25) is 4.79 Å². The van der Waals surface area contributed by atoms with Crippen molar-refractivity contribution < 1.29 is 22.7 Å². The van der Waals surface area contributed by atoms with E-state index in [1.165, 1.54) is 29.4 Å². The van der Waals surface area contributed by atoms with E-state index in [-0.39, 0.29) is 21.3 Å². The lowest BCUT2D eigenvalue weighted by atomic mass is 10.1. The summed E-state index contributed by atoms with van der Waals surface area (Å²) in [7, 11) is -3.84. The molecule has 1 saturated heterocycles. The summed E-state index contributed by atoms with van der Waals surface area (Å²) < 4.78 is 33.0.